The van der Waals surface area contributed by atoms with Gasteiger partial charge in [0.05, 0.1) is 0 Å². The summed E-state index contributed by atoms with van der Waals surface area (Å²) in [4.78, 5) is 6.92. The molecule has 1 N–H and O–H groups in total. The van der Waals surface area contributed by atoms with E-state index in [1.807, 2.05) is 0 Å². The standard InChI is InChI=1S/C10H8FN3O2S/c11-8-3-1-2-4-9(8)17(15,16)14-10-5-6-12-7-13-10/h1-7H,(H,12,13,14). The van der Waals surface area contributed by atoms with Crippen LogP contribution in [0, 0.1) is 5.82 Å². The van der Waals surface area contributed by atoms with E-state index in [0.29, 0.717) is 0 Å². The predicted molar refractivity (Wildman–Crippen MR) is 59.2 cm³/mol. The van der Waals surface area contributed by atoms with Gasteiger partial charge < -0.3 is 0 Å². The first-order valence-electron chi connectivity index (χ1n) is 4.63. The fourth-order valence-corrected chi connectivity index (χ4v) is 2.29. The van der Waals surface area contributed by atoms with Gasteiger partial charge in [0.1, 0.15) is 22.9 Å². The van der Waals surface area contributed by atoms with Crippen LogP contribution in [-0.2, 0) is 10.0 Å². The van der Waals surface area contributed by atoms with Crippen molar-refractivity contribution in [3.63, 3.8) is 0 Å². The fraction of sp³-hybridized carbons (Fsp3) is 0. The van der Waals surface area contributed by atoms with Gasteiger partial charge in [0.2, 0.25) is 0 Å². The van der Waals surface area contributed by atoms with E-state index in [4.69, 9.17) is 0 Å². The Morgan fingerprint density at radius 2 is 1.94 bits per heavy atom. The second-order valence-electron chi connectivity index (χ2n) is 3.13. The third-order valence-electron chi connectivity index (χ3n) is 1.95. The Balaban J connectivity index is 2.36. The van der Waals surface area contributed by atoms with Crippen molar-refractivity contribution in [3.05, 3.63) is 48.7 Å². The van der Waals surface area contributed by atoms with E-state index < -0.39 is 20.7 Å². The van der Waals surface area contributed by atoms with Crippen LogP contribution >= 0.6 is 0 Å². The summed E-state index contributed by atoms with van der Waals surface area (Å²) in [5.41, 5.74) is 0. The maximum atomic E-state index is 13.3. The number of aromatic nitrogens is 2. The molecule has 1 aromatic heterocycles. The molecule has 5 nitrogen and oxygen atoms in total. The maximum Gasteiger partial charge on any atom is 0.265 e. The van der Waals surface area contributed by atoms with Crippen LogP contribution in [0.15, 0.2) is 47.8 Å². The summed E-state index contributed by atoms with van der Waals surface area (Å²) in [5.74, 6) is -0.725. The Kier molecular flexibility index (Phi) is 3.01. The largest absolute Gasteiger partial charge is 0.265 e. The molecule has 0 saturated carbocycles. The molecule has 17 heavy (non-hydrogen) atoms. The van der Waals surface area contributed by atoms with E-state index in [2.05, 4.69) is 14.7 Å². The molecule has 0 unspecified atom stereocenters. The molecule has 88 valence electrons. The topological polar surface area (TPSA) is 72.0 Å². The predicted octanol–water partition coefficient (Wildman–Crippen LogP) is 1.42. The van der Waals surface area contributed by atoms with E-state index in [-0.39, 0.29) is 5.82 Å². The SMILES string of the molecule is O=S(=O)(Nc1ccncn1)c1ccccc1F. The monoisotopic (exact) mass is 253 g/mol. The Morgan fingerprint density at radius 3 is 2.59 bits per heavy atom. The third-order valence-corrected chi connectivity index (χ3v) is 3.34. The molecule has 2 rings (SSSR count). The summed E-state index contributed by atoms with van der Waals surface area (Å²) in [7, 11) is -3.96. The van der Waals surface area contributed by atoms with E-state index in [9.17, 15) is 12.8 Å². The number of hydrogen-bond acceptors (Lipinski definition) is 4. The van der Waals surface area contributed by atoms with Gasteiger partial charge in [0.15, 0.2) is 0 Å². The number of sulfonamides is 1. The van der Waals surface area contributed by atoms with E-state index in [0.717, 1.165) is 6.07 Å². The quantitative estimate of drug-likeness (QED) is 0.897. The molecule has 0 aliphatic rings. The second kappa shape index (κ2) is 4.46. The van der Waals surface area contributed by atoms with Crippen LogP contribution in [0.3, 0.4) is 0 Å². The molecule has 2 aromatic rings. The molecule has 0 saturated heterocycles. The van der Waals surface area contributed by atoms with E-state index in [1.165, 1.54) is 36.8 Å². The van der Waals surface area contributed by atoms with Crippen molar-refractivity contribution >= 4 is 15.8 Å². The van der Waals surface area contributed by atoms with Crippen LogP contribution in [-0.4, -0.2) is 18.4 Å². The summed E-state index contributed by atoms with van der Waals surface area (Å²) in [6.07, 6.45) is 2.57. The third kappa shape index (κ3) is 2.56. The van der Waals surface area contributed by atoms with Crippen LogP contribution in [0.25, 0.3) is 0 Å². The van der Waals surface area contributed by atoms with Gasteiger partial charge in [0.25, 0.3) is 10.0 Å². The molecular formula is C10H8FN3O2S. The first-order chi connectivity index (χ1) is 8.09. The van der Waals surface area contributed by atoms with Gasteiger partial charge in [-0.1, -0.05) is 12.1 Å². The first kappa shape index (κ1) is 11.5. The number of nitrogens with one attached hydrogen (secondary N) is 1. The molecule has 0 radical (unpaired) electrons. The fourth-order valence-electron chi connectivity index (χ4n) is 1.21. The minimum absolute atomic E-state index is 0.0863. The van der Waals surface area contributed by atoms with Crippen molar-refractivity contribution in [2.75, 3.05) is 4.72 Å². The van der Waals surface area contributed by atoms with Crippen molar-refractivity contribution in [1.29, 1.82) is 0 Å². The molecule has 0 bridgehead atoms. The number of nitrogens with zero attached hydrogens (tertiary/aromatic N) is 2. The summed E-state index contributed by atoms with van der Waals surface area (Å²) in [6.45, 7) is 0. The lowest BCUT2D eigenvalue weighted by atomic mass is 10.4. The number of halogens is 1. The minimum atomic E-state index is -3.96. The van der Waals surface area contributed by atoms with E-state index in [1.54, 1.807) is 0 Å². The Hall–Kier alpha value is -2.02. The lowest BCUT2D eigenvalue weighted by molar-refractivity contribution is 0.570. The second-order valence-corrected chi connectivity index (χ2v) is 4.78. The summed E-state index contributed by atoms with van der Waals surface area (Å²) < 4.78 is 39.1. The van der Waals surface area contributed by atoms with Crippen molar-refractivity contribution in [3.8, 4) is 0 Å². The summed E-state index contributed by atoms with van der Waals surface area (Å²) >= 11 is 0. The molecule has 1 aromatic carbocycles. The van der Waals surface area contributed by atoms with Gasteiger partial charge in [-0.15, -0.1) is 0 Å². The molecule has 0 aliphatic carbocycles. The van der Waals surface area contributed by atoms with Crippen LogP contribution in [0.4, 0.5) is 10.2 Å². The molecule has 0 aliphatic heterocycles. The highest BCUT2D eigenvalue weighted by Crippen LogP contribution is 2.16. The zero-order valence-electron chi connectivity index (χ0n) is 8.54. The number of anilines is 1. The van der Waals surface area contributed by atoms with Gasteiger partial charge in [-0.2, -0.15) is 0 Å². The smallest absolute Gasteiger partial charge is 0.263 e. The average Bonchev–Trinajstić information content (AvgIpc) is 2.30. The van der Waals surface area contributed by atoms with Gasteiger partial charge >= 0.3 is 0 Å². The Labute approximate surface area is 97.4 Å². The van der Waals surface area contributed by atoms with Crippen LogP contribution < -0.4 is 4.72 Å². The first-order valence-corrected chi connectivity index (χ1v) is 6.11. The van der Waals surface area contributed by atoms with Gasteiger partial charge in [-0.25, -0.2) is 22.8 Å². The molecular weight excluding hydrogens is 245 g/mol. The molecule has 0 amide bonds. The Morgan fingerprint density at radius 1 is 1.18 bits per heavy atom. The number of benzene rings is 1. The highest BCUT2D eigenvalue weighted by atomic mass is 32.2. The van der Waals surface area contributed by atoms with Crippen molar-refractivity contribution in [2.45, 2.75) is 4.90 Å². The zero-order valence-corrected chi connectivity index (χ0v) is 9.36. The lowest BCUT2D eigenvalue weighted by Gasteiger charge is -2.07. The van der Waals surface area contributed by atoms with E-state index >= 15 is 0 Å². The number of hydrogen-bond donors (Lipinski definition) is 1. The maximum absolute atomic E-state index is 13.3. The van der Waals surface area contributed by atoms with Crippen LogP contribution in [0.2, 0.25) is 0 Å². The summed E-state index contributed by atoms with van der Waals surface area (Å²) in [6, 6.07) is 6.49. The zero-order chi connectivity index (χ0) is 12.3. The van der Waals surface area contributed by atoms with Crippen molar-refractivity contribution in [1.82, 2.24) is 9.97 Å². The molecule has 1 heterocycles. The van der Waals surface area contributed by atoms with Crippen molar-refractivity contribution in [2.24, 2.45) is 0 Å². The Bertz CT molecular complexity index is 616. The summed E-state index contributed by atoms with van der Waals surface area (Å²) in [5, 5.41) is 0. The number of rotatable bonds is 3. The average molecular weight is 253 g/mol. The van der Waals surface area contributed by atoms with Gasteiger partial charge in [0, 0.05) is 6.20 Å². The highest BCUT2D eigenvalue weighted by Gasteiger charge is 2.18. The van der Waals surface area contributed by atoms with Crippen LogP contribution in [0.1, 0.15) is 0 Å². The molecule has 0 spiro atoms. The van der Waals surface area contributed by atoms with Gasteiger partial charge in [-0.05, 0) is 18.2 Å². The molecule has 7 heteroatoms. The minimum Gasteiger partial charge on any atom is -0.263 e. The highest BCUT2D eigenvalue weighted by molar-refractivity contribution is 7.92. The molecule has 0 fully saturated rings. The van der Waals surface area contributed by atoms with Gasteiger partial charge in [-0.3, -0.25) is 4.72 Å². The van der Waals surface area contributed by atoms with Crippen LogP contribution in [0.5, 0.6) is 0 Å². The molecule has 0 atom stereocenters. The van der Waals surface area contributed by atoms with Crippen molar-refractivity contribution < 1.29 is 12.8 Å². The normalized spacial score (nSPS) is 11.1. The lowest BCUT2D eigenvalue weighted by Crippen LogP contribution is -2.15.